The second-order valence-electron chi connectivity index (χ2n) is 4.26. The lowest BCUT2D eigenvalue weighted by Gasteiger charge is -2.06. The number of nitrogens with zero attached hydrogens (tertiary/aromatic N) is 1. The van der Waals surface area contributed by atoms with E-state index in [2.05, 4.69) is 34.1 Å². The maximum atomic E-state index is 12.3. The van der Waals surface area contributed by atoms with E-state index in [1.807, 2.05) is 0 Å². The van der Waals surface area contributed by atoms with Gasteiger partial charge < -0.3 is 4.98 Å². The average molecular weight is 333 g/mol. The smallest absolute Gasteiger partial charge is 0.307 e. The summed E-state index contributed by atoms with van der Waals surface area (Å²) in [6, 6.07) is 5.15. The summed E-state index contributed by atoms with van der Waals surface area (Å²) < 4.78 is 1.91. The molecule has 1 N–H and O–H groups in total. The zero-order valence-electron chi connectivity index (χ0n) is 10.7. The van der Waals surface area contributed by atoms with E-state index in [0.29, 0.717) is 16.5 Å². The highest BCUT2D eigenvalue weighted by Gasteiger charge is 2.08. The van der Waals surface area contributed by atoms with Crippen molar-refractivity contribution >= 4 is 26.8 Å². The lowest BCUT2D eigenvalue weighted by Crippen LogP contribution is -2.35. The largest absolute Gasteiger partial charge is 0.329 e. The molecule has 5 heteroatoms. The highest BCUT2D eigenvalue weighted by Crippen LogP contribution is 2.14. The number of allylic oxidation sites excluding steroid dienone is 4. The van der Waals surface area contributed by atoms with Crippen molar-refractivity contribution in [3.8, 4) is 0 Å². The van der Waals surface area contributed by atoms with Crippen molar-refractivity contribution < 1.29 is 0 Å². The predicted molar refractivity (Wildman–Crippen MR) is 85.0 cm³/mol. The minimum absolute atomic E-state index is 0.140. The van der Waals surface area contributed by atoms with Crippen LogP contribution in [0.15, 0.2) is 69.2 Å². The Morgan fingerprint density at radius 2 is 2.15 bits per heavy atom. The van der Waals surface area contributed by atoms with Gasteiger partial charge in [0.2, 0.25) is 0 Å². The van der Waals surface area contributed by atoms with Crippen molar-refractivity contribution in [1.29, 1.82) is 0 Å². The van der Waals surface area contributed by atoms with Crippen LogP contribution >= 0.6 is 15.9 Å². The van der Waals surface area contributed by atoms with Gasteiger partial charge in [-0.25, -0.2) is 4.79 Å². The molecule has 2 rings (SSSR count). The van der Waals surface area contributed by atoms with Gasteiger partial charge in [0.15, 0.2) is 0 Å². The molecular weight excluding hydrogens is 320 g/mol. The number of rotatable bonds is 4. The number of hydrogen-bond donors (Lipinski definition) is 1. The van der Waals surface area contributed by atoms with E-state index in [0.717, 1.165) is 9.04 Å². The third kappa shape index (κ3) is 2.88. The Morgan fingerprint density at radius 1 is 1.40 bits per heavy atom. The van der Waals surface area contributed by atoms with Gasteiger partial charge >= 0.3 is 5.69 Å². The number of aromatic amines is 1. The van der Waals surface area contributed by atoms with Crippen LogP contribution in [0.4, 0.5) is 0 Å². The minimum atomic E-state index is -0.446. The number of benzene rings is 1. The maximum Gasteiger partial charge on any atom is 0.329 e. The van der Waals surface area contributed by atoms with Gasteiger partial charge in [0.1, 0.15) is 0 Å². The molecule has 0 spiro atoms. The Bertz CT molecular complexity index is 828. The van der Waals surface area contributed by atoms with Crippen LogP contribution in [0.2, 0.25) is 0 Å². The third-order valence-corrected chi connectivity index (χ3v) is 3.27. The molecule has 0 fully saturated rings. The number of nitrogens with one attached hydrogen (secondary N) is 1. The summed E-state index contributed by atoms with van der Waals surface area (Å²) >= 11 is 3.31. The van der Waals surface area contributed by atoms with E-state index >= 15 is 0 Å². The molecular formula is C15H13BrN2O2. The first-order valence-corrected chi connectivity index (χ1v) is 6.71. The molecule has 1 aromatic carbocycles. The molecule has 0 saturated heterocycles. The highest BCUT2D eigenvalue weighted by molar-refractivity contribution is 9.10. The van der Waals surface area contributed by atoms with Crippen LogP contribution in [0, 0.1) is 0 Å². The topological polar surface area (TPSA) is 54.9 Å². The Balaban J connectivity index is 2.56. The fraction of sp³-hybridized carbons (Fsp3) is 0.0667. The van der Waals surface area contributed by atoms with E-state index in [4.69, 9.17) is 0 Å². The number of hydrogen-bond acceptors (Lipinski definition) is 2. The Hall–Kier alpha value is -2.14. The SMILES string of the molecule is C=C/C=C\C(=C)Cn1c(=O)[nH]c2ccc(Br)cc2c1=O. The summed E-state index contributed by atoms with van der Waals surface area (Å²) in [6.45, 7) is 7.51. The van der Waals surface area contributed by atoms with Crippen molar-refractivity contribution in [1.82, 2.24) is 9.55 Å². The van der Waals surface area contributed by atoms with Gasteiger partial charge in [0.05, 0.1) is 17.4 Å². The molecule has 0 amide bonds. The first-order chi connectivity index (χ1) is 9.52. The first kappa shape index (κ1) is 14.3. The summed E-state index contributed by atoms with van der Waals surface area (Å²) in [7, 11) is 0. The highest BCUT2D eigenvalue weighted by atomic mass is 79.9. The molecule has 102 valence electrons. The number of H-pyrrole nitrogens is 1. The van der Waals surface area contributed by atoms with Gasteiger partial charge in [-0.05, 0) is 23.8 Å². The van der Waals surface area contributed by atoms with Crippen molar-refractivity contribution in [3.63, 3.8) is 0 Å². The van der Waals surface area contributed by atoms with Gasteiger partial charge in [-0.1, -0.05) is 47.3 Å². The monoisotopic (exact) mass is 332 g/mol. The molecule has 0 bridgehead atoms. The average Bonchev–Trinajstić information content (AvgIpc) is 2.42. The quantitative estimate of drug-likeness (QED) is 0.875. The second kappa shape index (κ2) is 5.88. The minimum Gasteiger partial charge on any atom is -0.307 e. The second-order valence-corrected chi connectivity index (χ2v) is 5.18. The van der Waals surface area contributed by atoms with Crippen LogP contribution in [-0.2, 0) is 6.54 Å². The summed E-state index contributed by atoms with van der Waals surface area (Å²) in [4.78, 5) is 27.0. The van der Waals surface area contributed by atoms with Crippen LogP contribution in [0.1, 0.15) is 0 Å². The number of aromatic nitrogens is 2. The molecule has 0 aliphatic heterocycles. The third-order valence-electron chi connectivity index (χ3n) is 2.77. The Morgan fingerprint density at radius 3 is 2.85 bits per heavy atom. The fourth-order valence-corrected chi connectivity index (χ4v) is 2.19. The normalized spacial score (nSPS) is 11.1. The first-order valence-electron chi connectivity index (χ1n) is 5.92. The van der Waals surface area contributed by atoms with Gasteiger partial charge in [0, 0.05) is 4.47 Å². The van der Waals surface area contributed by atoms with E-state index in [1.54, 1.807) is 36.4 Å². The van der Waals surface area contributed by atoms with Crippen LogP contribution < -0.4 is 11.2 Å². The molecule has 1 aromatic heterocycles. The van der Waals surface area contributed by atoms with E-state index in [9.17, 15) is 9.59 Å². The van der Waals surface area contributed by atoms with Crippen molar-refractivity contribution in [2.45, 2.75) is 6.54 Å². The van der Waals surface area contributed by atoms with Crippen LogP contribution in [0.3, 0.4) is 0 Å². The van der Waals surface area contributed by atoms with E-state index < -0.39 is 5.69 Å². The van der Waals surface area contributed by atoms with Crippen molar-refractivity contribution in [3.05, 3.63) is 80.5 Å². The standard InChI is InChI=1S/C15H13BrN2O2/c1-3-4-5-10(2)9-18-14(19)12-8-11(16)6-7-13(12)17-15(18)20/h3-8H,1-2,9H2,(H,17,20)/b5-4-. The molecule has 4 nitrogen and oxygen atoms in total. The molecule has 0 aliphatic carbocycles. The van der Waals surface area contributed by atoms with Crippen LogP contribution in [0.5, 0.6) is 0 Å². The zero-order valence-corrected chi connectivity index (χ0v) is 12.3. The molecule has 1 heterocycles. The van der Waals surface area contributed by atoms with Gasteiger partial charge in [-0.3, -0.25) is 9.36 Å². The summed E-state index contributed by atoms with van der Waals surface area (Å²) in [6.07, 6.45) is 5.03. The van der Waals surface area contributed by atoms with E-state index in [-0.39, 0.29) is 12.1 Å². The van der Waals surface area contributed by atoms with E-state index in [1.165, 1.54) is 0 Å². The molecule has 0 atom stereocenters. The Labute approximate surface area is 123 Å². The molecule has 0 aliphatic rings. The van der Waals surface area contributed by atoms with Gasteiger partial charge in [-0.15, -0.1) is 0 Å². The van der Waals surface area contributed by atoms with Gasteiger partial charge in [-0.2, -0.15) is 0 Å². The molecule has 0 radical (unpaired) electrons. The Kier molecular flexibility index (Phi) is 4.20. The maximum absolute atomic E-state index is 12.3. The van der Waals surface area contributed by atoms with Crippen LogP contribution in [0.25, 0.3) is 10.9 Å². The number of fused-ring (bicyclic) bond motifs is 1. The molecule has 2 aromatic rings. The fourth-order valence-electron chi connectivity index (χ4n) is 1.83. The van der Waals surface area contributed by atoms with Crippen LogP contribution in [-0.4, -0.2) is 9.55 Å². The number of halogens is 1. The predicted octanol–water partition coefficient (Wildman–Crippen LogP) is 2.75. The summed E-state index contributed by atoms with van der Waals surface area (Å²) in [5.74, 6) is 0. The lowest BCUT2D eigenvalue weighted by molar-refractivity contribution is 0.712. The summed E-state index contributed by atoms with van der Waals surface area (Å²) in [5, 5.41) is 0.458. The van der Waals surface area contributed by atoms with Crippen molar-refractivity contribution in [2.24, 2.45) is 0 Å². The van der Waals surface area contributed by atoms with Crippen molar-refractivity contribution in [2.75, 3.05) is 0 Å². The molecule has 0 unspecified atom stereocenters. The van der Waals surface area contributed by atoms with Gasteiger partial charge in [0.25, 0.3) is 5.56 Å². The zero-order chi connectivity index (χ0) is 14.7. The lowest BCUT2D eigenvalue weighted by atomic mass is 10.2. The molecule has 0 saturated carbocycles. The summed E-state index contributed by atoms with van der Waals surface area (Å²) in [5.41, 5.74) is 0.384. The molecule has 20 heavy (non-hydrogen) atoms.